The molecule has 4 heteroatoms. The molecular formula is C7H13NO3. The molecule has 0 bridgehead atoms. The summed E-state index contributed by atoms with van der Waals surface area (Å²) in [6.07, 6.45) is 1.89. The average molecular weight is 159 g/mol. The second kappa shape index (κ2) is 3.19. The van der Waals surface area contributed by atoms with Crippen molar-refractivity contribution < 1.29 is 14.6 Å². The average Bonchev–Trinajstić information content (AvgIpc) is 2.81. The van der Waals surface area contributed by atoms with Crippen LogP contribution in [-0.4, -0.2) is 36.9 Å². The number of esters is 1. The summed E-state index contributed by atoms with van der Waals surface area (Å²) in [5, 5.41) is 11.8. The molecule has 0 saturated heterocycles. The Morgan fingerprint density at radius 2 is 2.36 bits per heavy atom. The van der Waals surface area contributed by atoms with E-state index in [9.17, 15) is 4.79 Å². The molecule has 1 aliphatic carbocycles. The highest BCUT2D eigenvalue weighted by Crippen LogP contribution is 2.34. The van der Waals surface area contributed by atoms with E-state index in [0.717, 1.165) is 12.8 Å². The van der Waals surface area contributed by atoms with Crippen LogP contribution in [-0.2, 0) is 9.53 Å². The fraction of sp³-hybridized carbons (Fsp3) is 0.857. The summed E-state index contributed by atoms with van der Waals surface area (Å²) in [5.74, 6) is -0.287. The number of aliphatic hydroxyl groups excluding tert-OH is 1. The Balaban J connectivity index is 2.16. The van der Waals surface area contributed by atoms with Gasteiger partial charge < -0.3 is 9.84 Å². The van der Waals surface area contributed by atoms with E-state index in [2.05, 4.69) is 10.1 Å². The highest BCUT2D eigenvalue weighted by Gasteiger charge is 2.41. The summed E-state index contributed by atoms with van der Waals surface area (Å²) in [6, 6.07) is 0. The molecule has 1 rings (SSSR count). The number of ether oxygens (including phenoxy) is 1. The largest absolute Gasteiger partial charge is 0.468 e. The van der Waals surface area contributed by atoms with Crippen LogP contribution in [0.1, 0.15) is 12.8 Å². The number of nitrogens with one attached hydrogen (secondary N) is 1. The number of methoxy groups -OCH3 is 1. The molecule has 0 aliphatic heterocycles. The zero-order chi connectivity index (χ0) is 8.32. The molecule has 1 saturated carbocycles. The number of hydrogen-bond donors (Lipinski definition) is 2. The summed E-state index contributed by atoms with van der Waals surface area (Å²) in [5.41, 5.74) is -0.172. The standard InChI is InChI=1S/C7H13NO3/c1-11-6(10)4-8-7(5-9)2-3-7/h8-9H,2-5H2,1H3. The van der Waals surface area contributed by atoms with E-state index in [4.69, 9.17) is 5.11 Å². The SMILES string of the molecule is COC(=O)CNC1(CO)CC1. The van der Waals surface area contributed by atoms with Crippen molar-refractivity contribution in [3.63, 3.8) is 0 Å². The van der Waals surface area contributed by atoms with Crippen LogP contribution in [0.3, 0.4) is 0 Å². The van der Waals surface area contributed by atoms with Crippen LogP contribution >= 0.6 is 0 Å². The number of aliphatic hydroxyl groups is 1. The van der Waals surface area contributed by atoms with Crippen molar-refractivity contribution in [1.82, 2.24) is 5.32 Å². The van der Waals surface area contributed by atoms with Gasteiger partial charge in [-0.1, -0.05) is 0 Å². The van der Waals surface area contributed by atoms with Crippen LogP contribution in [0.25, 0.3) is 0 Å². The summed E-state index contributed by atoms with van der Waals surface area (Å²) < 4.78 is 4.43. The van der Waals surface area contributed by atoms with E-state index in [1.165, 1.54) is 7.11 Å². The van der Waals surface area contributed by atoms with Crippen LogP contribution in [0.4, 0.5) is 0 Å². The number of hydrogen-bond acceptors (Lipinski definition) is 4. The van der Waals surface area contributed by atoms with E-state index in [1.807, 2.05) is 0 Å². The van der Waals surface area contributed by atoms with Crippen molar-refractivity contribution in [3.05, 3.63) is 0 Å². The van der Waals surface area contributed by atoms with Crippen LogP contribution in [0.5, 0.6) is 0 Å². The Kier molecular flexibility index (Phi) is 2.46. The third kappa shape index (κ3) is 2.17. The van der Waals surface area contributed by atoms with E-state index in [0.29, 0.717) is 0 Å². The number of carbonyl (C=O) groups excluding carboxylic acids is 1. The van der Waals surface area contributed by atoms with Gasteiger partial charge in [0.1, 0.15) is 0 Å². The van der Waals surface area contributed by atoms with Gasteiger partial charge in [-0.15, -0.1) is 0 Å². The van der Waals surface area contributed by atoms with Gasteiger partial charge in [0.2, 0.25) is 0 Å². The second-order valence-electron chi connectivity index (χ2n) is 2.87. The Labute approximate surface area is 65.5 Å². The smallest absolute Gasteiger partial charge is 0.319 e. The summed E-state index contributed by atoms with van der Waals surface area (Å²) in [7, 11) is 1.35. The molecule has 0 amide bonds. The van der Waals surface area contributed by atoms with Gasteiger partial charge in [-0.2, -0.15) is 0 Å². The fourth-order valence-electron chi connectivity index (χ4n) is 0.874. The van der Waals surface area contributed by atoms with Gasteiger partial charge in [0.05, 0.1) is 20.3 Å². The maximum absolute atomic E-state index is 10.6. The van der Waals surface area contributed by atoms with Crippen molar-refractivity contribution in [2.75, 3.05) is 20.3 Å². The topological polar surface area (TPSA) is 58.6 Å². The zero-order valence-electron chi connectivity index (χ0n) is 6.59. The summed E-state index contributed by atoms with van der Waals surface area (Å²) in [6.45, 7) is 0.293. The van der Waals surface area contributed by atoms with Crippen molar-refractivity contribution in [2.24, 2.45) is 0 Å². The molecule has 2 N–H and O–H groups in total. The fourth-order valence-corrected chi connectivity index (χ4v) is 0.874. The first-order chi connectivity index (χ1) is 5.22. The van der Waals surface area contributed by atoms with Crippen LogP contribution in [0.2, 0.25) is 0 Å². The number of carbonyl (C=O) groups is 1. The van der Waals surface area contributed by atoms with Gasteiger partial charge in [0.25, 0.3) is 0 Å². The van der Waals surface area contributed by atoms with E-state index in [-0.39, 0.29) is 24.7 Å². The quantitative estimate of drug-likeness (QED) is 0.531. The molecule has 1 fully saturated rings. The minimum absolute atomic E-state index is 0.101. The Hall–Kier alpha value is -0.610. The Bertz CT molecular complexity index is 154. The van der Waals surface area contributed by atoms with Crippen molar-refractivity contribution in [1.29, 1.82) is 0 Å². The van der Waals surface area contributed by atoms with E-state index < -0.39 is 0 Å². The highest BCUT2D eigenvalue weighted by molar-refractivity contribution is 5.71. The maximum Gasteiger partial charge on any atom is 0.319 e. The molecule has 64 valence electrons. The second-order valence-corrected chi connectivity index (χ2v) is 2.87. The van der Waals surface area contributed by atoms with Gasteiger partial charge in [-0.3, -0.25) is 10.1 Å². The predicted octanol–water partition coefficient (Wildman–Crippen LogP) is -0.726. The van der Waals surface area contributed by atoms with Crippen LogP contribution in [0.15, 0.2) is 0 Å². The lowest BCUT2D eigenvalue weighted by atomic mass is 10.3. The molecule has 11 heavy (non-hydrogen) atoms. The Morgan fingerprint density at radius 1 is 1.73 bits per heavy atom. The maximum atomic E-state index is 10.6. The molecule has 1 aliphatic rings. The van der Waals surface area contributed by atoms with Gasteiger partial charge >= 0.3 is 5.97 Å². The zero-order valence-corrected chi connectivity index (χ0v) is 6.59. The van der Waals surface area contributed by atoms with Gasteiger partial charge in [0.15, 0.2) is 0 Å². The molecule has 0 aromatic heterocycles. The minimum Gasteiger partial charge on any atom is -0.468 e. The predicted molar refractivity (Wildman–Crippen MR) is 39.1 cm³/mol. The monoisotopic (exact) mass is 159 g/mol. The Morgan fingerprint density at radius 3 is 2.73 bits per heavy atom. The molecule has 0 unspecified atom stereocenters. The first kappa shape index (κ1) is 8.49. The summed E-state index contributed by atoms with van der Waals surface area (Å²) >= 11 is 0. The van der Waals surface area contributed by atoms with Gasteiger partial charge in [0, 0.05) is 5.54 Å². The lowest BCUT2D eigenvalue weighted by Gasteiger charge is -2.12. The van der Waals surface area contributed by atoms with Crippen molar-refractivity contribution >= 4 is 5.97 Å². The van der Waals surface area contributed by atoms with E-state index in [1.54, 1.807) is 0 Å². The third-order valence-corrected chi connectivity index (χ3v) is 1.99. The van der Waals surface area contributed by atoms with Crippen molar-refractivity contribution in [2.45, 2.75) is 18.4 Å². The molecule has 4 nitrogen and oxygen atoms in total. The minimum atomic E-state index is -0.287. The molecule has 0 spiro atoms. The number of rotatable bonds is 4. The van der Waals surface area contributed by atoms with Gasteiger partial charge in [-0.05, 0) is 12.8 Å². The lowest BCUT2D eigenvalue weighted by molar-refractivity contribution is -0.139. The van der Waals surface area contributed by atoms with Gasteiger partial charge in [-0.25, -0.2) is 0 Å². The highest BCUT2D eigenvalue weighted by atomic mass is 16.5. The van der Waals surface area contributed by atoms with Crippen LogP contribution in [0, 0.1) is 0 Å². The first-order valence-corrected chi connectivity index (χ1v) is 3.65. The lowest BCUT2D eigenvalue weighted by Crippen LogP contribution is -2.38. The molecule has 0 atom stereocenters. The molecule has 0 radical (unpaired) electrons. The molecule has 0 aromatic rings. The third-order valence-electron chi connectivity index (χ3n) is 1.99. The van der Waals surface area contributed by atoms with Crippen LogP contribution < -0.4 is 5.32 Å². The molecular weight excluding hydrogens is 146 g/mol. The molecule has 0 aromatic carbocycles. The first-order valence-electron chi connectivity index (χ1n) is 3.65. The molecule has 0 heterocycles. The van der Waals surface area contributed by atoms with E-state index >= 15 is 0 Å². The normalized spacial score (nSPS) is 19.5. The van der Waals surface area contributed by atoms with Crippen molar-refractivity contribution in [3.8, 4) is 0 Å². The summed E-state index contributed by atoms with van der Waals surface area (Å²) in [4.78, 5) is 10.6.